The largest absolute Gasteiger partial charge is 0.497 e. The first kappa shape index (κ1) is 13.9. The molecule has 0 atom stereocenters. The molecule has 1 N–H and O–H groups in total. The first-order chi connectivity index (χ1) is 9.74. The standard InChI is InChI=1S/C14H16N2O4/c1-18-11-3-4-13(19-2)10(9-11)5-7-15-14(17)12-6-8-20-16-12/h3-4,6,8-9H,5,7H2,1-2H3,(H,15,17). The molecule has 1 heterocycles. The van der Waals surface area contributed by atoms with E-state index in [0.29, 0.717) is 13.0 Å². The number of carbonyl (C=O) groups is 1. The van der Waals surface area contributed by atoms with Crippen LogP contribution >= 0.6 is 0 Å². The number of amides is 1. The fourth-order valence-electron chi connectivity index (χ4n) is 1.81. The van der Waals surface area contributed by atoms with Gasteiger partial charge in [-0.05, 0) is 30.2 Å². The second kappa shape index (κ2) is 6.60. The maximum absolute atomic E-state index is 11.7. The van der Waals surface area contributed by atoms with Crippen molar-refractivity contribution < 1.29 is 18.8 Å². The van der Waals surface area contributed by atoms with Gasteiger partial charge in [-0.2, -0.15) is 0 Å². The molecule has 0 aliphatic rings. The molecule has 20 heavy (non-hydrogen) atoms. The van der Waals surface area contributed by atoms with Crippen molar-refractivity contribution in [1.29, 1.82) is 0 Å². The van der Waals surface area contributed by atoms with Crippen LogP contribution < -0.4 is 14.8 Å². The Morgan fingerprint density at radius 1 is 1.30 bits per heavy atom. The molecule has 1 aromatic heterocycles. The third-order valence-corrected chi connectivity index (χ3v) is 2.84. The molecule has 6 nitrogen and oxygen atoms in total. The minimum Gasteiger partial charge on any atom is -0.497 e. The molecule has 2 rings (SSSR count). The van der Waals surface area contributed by atoms with Gasteiger partial charge in [-0.25, -0.2) is 0 Å². The van der Waals surface area contributed by atoms with E-state index in [1.807, 2.05) is 18.2 Å². The van der Waals surface area contributed by atoms with Crippen molar-refractivity contribution in [1.82, 2.24) is 10.5 Å². The van der Waals surface area contributed by atoms with Crippen molar-refractivity contribution in [2.75, 3.05) is 20.8 Å². The van der Waals surface area contributed by atoms with Crippen LogP contribution in [0.3, 0.4) is 0 Å². The summed E-state index contributed by atoms with van der Waals surface area (Å²) in [6.45, 7) is 0.467. The summed E-state index contributed by atoms with van der Waals surface area (Å²) in [6.07, 6.45) is 1.99. The van der Waals surface area contributed by atoms with Crippen LogP contribution in [-0.2, 0) is 6.42 Å². The lowest BCUT2D eigenvalue weighted by atomic mass is 10.1. The zero-order chi connectivity index (χ0) is 14.4. The van der Waals surface area contributed by atoms with Crippen molar-refractivity contribution in [2.45, 2.75) is 6.42 Å². The Morgan fingerprint density at radius 3 is 2.80 bits per heavy atom. The van der Waals surface area contributed by atoms with Crippen LogP contribution in [0.1, 0.15) is 16.1 Å². The average molecular weight is 276 g/mol. The van der Waals surface area contributed by atoms with Gasteiger partial charge >= 0.3 is 0 Å². The number of hydrogen-bond donors (Lipinski definition) is 1. The highest BCUT2D eigenvalue weighted by Gasteiger charge is 2.09. The van der Waals surface area contributed by atoms with Gasteiger partial charge in [0.15, 0.2) is 5.69 Å². The molecule has 0 saturated carbocycles. The van der Waals surface area contributed by atoms with Crippen molar-refractivity contribution >= 4 is 5.91 Å². The lowest BCUT2D eigenvalue weighted by molar-refractivity contribution is 0.0945. The summed E-state index contributed by atoms with van der Waals surface area (Å²) in [5.41, 5.74) is 1.23. The number of nitrogens with zero attached hydrogens (tertiary/aromatic N) is 1. The lowest BCUT2D eigenvalue weighted by Crippen LogP contribution is -2.26. The number of aromatic nitrogens is 1. The van der Waals surface area contributed by atoms with E-state index < -0.39 is 0 Å². The number of benzene rings is 1. The summed E-state index contributed by atoms with van der Waals surface area (Å²) in [7, 11) is 3.22. The van der Waals surface area contributed by atoms with Crippen LogP contribution in [0.5, 0.6) is 11.5 Å². The summed E-state index contributed by atoms with van der Waals surface area (Å²) >= 11 is 0. The number of hydrogen-bond acceptors (Lipinski definition) is 5. The minimum absolute atomic E-state index is 0.263. The molecule has 0 radical (unpaired) electrons. The molecule has 0 spiro atoms. The summed E-state index contributed by atoms with van der Waals surface area (Å²) in [4.78, 5) is 11.7. The number of carbonyl (C=O) groups excluding carboxylic acids is 1. The monoisotopic (exact) mass is 276 g/mol. The maximum Gasteiger partial charge on any atom is 0.273 e. The summed E-state index contributed by atoms with van der Waals surface area (Å²) in [6, 6.07) is 7.08. The summed E-state index contributed by atoms with van der Waals surface area (Å²) in [5, 5.41) is 6.34. The second-order valence-electron chi connectivity index (χ2n) is 4.07. The van der Waals surface area contributed by atoms with Crippen LogP contribution in [0.15, 0.2) is 35.1 Å². The third-order valence-electron chi connectivity index (χ3n) is 2.84. The third kappa shape index (κ3) is 3.28. The van der Waals surface area contributed by atoms with Crippen LogP contribution in [0.4, 0.5) is 0 Å². The van der Waals surface area contributed by atoms with Gasteiger partial charge in [0.2, 0.25) is 0 Å². The molecule has 0 saturated heterocycles. The van der Waals surface area contributed by atoms with Crippen LogP contribution in [0, 0.1) is 0 Å². The second-order valence-corrected chi connectivity index (χ2v) is 4.07. The van der Waals surface area contributed by atoms with E-state index >= 15 is 0 Å². The predicted molar refractivity (Wildman–Crippen MR) is 72.1 cm³/mol. The van der Waals surface area contributed by atoms with E-state index in [2.05, 4.69) is 15.0 Å². The molecule has 1 aromatic carbocycles. The van der Waals surface area contributed by atoms with Crippen molar-refractivity contribution in [3.8, 4) is 11.5 Å². The SMILES string of the molecule is COc1ccc(OC)c(CCNC(=O)c2ccon2)c1. The molecule has 0 aliphatic carbocycles. The molecule has 0 fully saturated rings. The van der Waals surface area contributed by atoms with Crippen LogP contribution in [0.25, 0.3) is 0 Å². The van der Waals surface area contributed by atoms with Gasteiger partial charge in [-0.15, -0.1) is 0 Å². The highest BCUT2D eigenvalue weighted by Crippen LogP contribution is 2.24. The Hall–Kier alpha value is -2.50. The molecule has 1 amide bonds. The average Bonchev–Trinajstić information content (AvgIpc) is 3.01. The number of rotatable bonds is 6. The number of methoxy groups -OCH3 is 2. The highest BCUT2D eigenvalue weighted by molar-refractivity contribution is 5.91. The fraction of sp³-hybridized carbons (Fsp3) is 0.286. The normalized spacial score (nSPS) is 10.1. The topological polar surface area (TPSA) is 73.6 Å². The highest BCUT2D eigenvalue weighted by atomic mass is 16.5. The fourth-order valence-corrected chi connectivity index (χ4v) is 1.81. The molecule has 0 aliphatic heterocycles. The van der Waals surface area contributed by atoms with Gasteiger partial charge in [-0.3, -0.25) is 4.79 Å². The first-order valence-electron chi connectivity index (χ1n) is 6.14. The van der Waals surface area contributed by atoms with Gasteiger partial charge in [0, 0.05) is 12.6 Å². The van der Waals surface area contributed by atoms with Crippen molar-refractivity contribution in [2.24, 2.45) is 0 Å². The van der Waals surface area contributed by atoms with E-state index in [-0.39, 0.29) is 11.6 Å². The van der Waals surface area contributed by atoms with E-state index in [9.17, 15) is 4.79 Å². The summed E-state index contributed by atoms with van der Waals surface area (Å²) in [5.74, 6) is 1.26. The Labute approximate surface area is 116 Å². The smallest absolute Gasteiger partial charge is 0.273 e. The van der Waals surface area contributed by atoms with Gasteiger partial charge < -0.3 is 19.3 Å². The molecule has 0 bridgehead atoms. The molecule has 0 unspecified atom stereocenters. The van der Waals surface area contributed by atoms with E-state index in [1.54, 1.807) is 14.2 Å². The van der Waals surface area contributed by atoms with Crippen molar-refractivity contribution in [3.05, 3.63) is 41.8 Å². The van der Waals surface area contributed by atoms with E-state index in [4.69, 9.17) is 9.47 Å². The molecular weight excluding hydrogens is 260 g/mol. The Kier molecular flexibility index (Phi) is 4.60. The molecule has 106 valence electrons. The Bertz CT molecular complexity index is 567. The molecule has 6 heteroatoms. The van der Waals surface area contributed by atoms with Gasteiger partial charge in [0.05, 0.1) is 14.2 Å². The zero-order valence-corrected chi connectivity index (χ0v) is 11.4. The van der Waals surface area contributed by atoms with Gasteiger partial charge in [0.25, 0.3) is 5.91 Å². The van der Waals surface area contributed by atoms with Gasteiger partial charge in [0.1, 0.15) is 17.8 Å². The molecular formula is C14H16N2O4. The predicted octanol–water partition coefficient (Wildman–Crippen LogP) is 1.66. The van der Waals surface area contributed by atoms with Gasteiger partial charge in [-0.1, -0.05) is 5.16 Å². The Morgan fingerprint density at radius 2 is 2.15 bits per heavy atom. The zero-order valence-electron chi connectivity index (χ0n) is 11.4. The van der Waals surface area contributed by atoms with Crippen molar-refractivity contribution in [3.63, 3.8) is 0 Å². The summed E-state index contributed by atoms with van der Waals surface area (Å²) < 4.78 is 15.1. The number of ether oxygens (including phenoxy) is 2. The number of nitrogens with one attached hydrogen (secondary N) is 1. The maximum atomic E-state index is 11.7. The molecule has 2 aromatic rings. The first-order valence-corrected chi connectivity index (χ1v) is 6.14. The Balaban J connectivity index is 1.95. The lowest BCUT2D eigenvalue weighted by Gasteiger charge is -2.10. The van der Waals surface area contributed by atoms with E-state index in [0.717, 1.165) is 17.1 Å². The van der Waals surface area contributed by atoms with Crippen LogP contribution in [-0.4, -0.2) is 31.8 Å². The minimum atomic E-state index is -0.263. The quantitative estimate of drug-likeness (QED) is 0.868. The van der Waals surface area contributed by atoms with E-state index in [1.165, 1.54) is 12.3 Å². The van der Waals surface area contributed by atoms with Crippen LogP contribution in [0.2, 0.25) is 0 Å².